The second kappa shape index (κ2) is 7.84. The number of imide groups is 1. The van der Waals surface area contributed by atoms with Crippen LogP contribution >= 0.6 is 0 Å². The van der Waals surface area contributed by atoms with Gasteiger partial charge in [-0.1, -0.05) is 24.3 Å². The van der Waals surface area contributed by atoms with Crippen LogP contribution in [0.1, 0.15) is 30.4 Å². The summed E-state index contributed by atoms with van der Waals surface area (Å²) in [6, 6.07) is 11.1. The van der Waals surface area contributed by atoms with Crippen LogP contribution in [0.3, 0.4) is 0 Å². The number of pyridine rings is 1. The number of carbonyl (C=O) groups is 2. The number of hydrogen-bond donors (Lipinski definition) is 0. The highest BCUT2D eigenvalue weighted by molar-refractivity contribution is 6.35. The molecule has 2 aromatic rings. The van der Waals surface area contributed by atoms with Gasteiger partial charge in [0, 0.05) is 31.0 Å². The second-order valence-electron chi connectivity index (χ2n) is 7.03. The van der Waals surface area contributed by atoms with Crippen LogP contribution in [0.25, 0.3) is 5.57 Å². The van der Waals surface area contributed by atoms with Crippen molar-refractivity contribution in [3.8, 4) is 5.75 Å². The SMILES string of the molecule is COc1ccccc1C1=C(N2CCCCC2)C(=O)N(Cc2cccnc2)C1=O. The first-order valence-corrected chi connectivity index (χ1v) is 9.58. The standard InChI is InChI=1S/C22H23N3O3/c1-28-18-10-4-3-9-17(18)19-20(24-12-5-2-6-13-24)22(27)25(21(19)26)15-16-8-7-11-23-14-16/h3-4,7-11,14H,2,5-6,12-13,15H2,1H3. The van der Waals surface area contributed by atoms with Gasteiger partial charge in [0.25, 0.3) is 11.8 Å². The van der Waals surface area contributed by atoms with E-state index in [1.165, 1.54) is 4.90 Å². The van der Waals surface area contributed by atoms with E-state index in [4.69, 9.17) is 4.74 Å². The summed E-state index contributed by atoms with van der Waals surface area (Å²) in [6.07, 6.45) is 6.55. The van der Waals surface area contributed by atoms with Gasteiger partial charge in [-0.05, 0) is 37.0 Å². The van der Waals surface area contributed by atoms with Crippen molar-refractivity contribution in [1.82, 2.24) is 14.8 Å². The van der Waals surface area contributed by atoms with Gasteiger partial charge < -0.3 is 9.64 Å². The number of amides is 2. The van der Waals surface area contributed by atoms with E-state index in [-0.39, 0.29) is 18.4 Å². The molecule has 6 nitrogen and oxygen atoms in total. The highest BCUT2D eigenvalue weighted by Gasteiger charge is 2.42. The number of nitrogens with zero attached hydrogens (tertiary/aromatic N) is 3. The highest BCUT2D eigenvalue weighted by Crippen LogP contribution is 2.37. The normalized spacial score (nSPS) is 17.5. The lowest BCUT2D eigenvalue weighted by molar-refractivity contribution is -0.138. The van der Waals surface area contributed by atoms with Crippen molar-refractivity contribution in [1.29, 1.82) is 0 Å². The van der Waals surface area contributed by atoms with Crippen molar-refractivity contribution in [2.24, 2.45) is 0 Å². The zero-order valence-electron chi connectivity index (χ0n) is 15.9. The predicted molar refractivity (Wildman–Crippen MR) is 105 cm³/mol. The Balaban J connectivity index is 1.78. The minimum Gasteiger partial charge on any atom is -0.496 e. The van der Waals surface area contributed by atoms with Gasteiger partial charge in [0.2, 0.25) is 0 Å². The minimum atomic E-state index is -0.279. The Morgan fingerprint density at radius 3 is 2.50 bits per heavy atom. The molecule has 28 heavy (non-hydrogen) atoms. The zero-order chi connectivity index (χ0) is 19.5. The monoisotopic (exact) mass is 377 g/mol. The first-order chi connectivity index (χ1) is 13.7. The fourth-order valence-electron chi connectivity index (χ4n) is 3.89. The largest absolute Gasteiger partial charge is 0.496 e. The highest BCUT2D eigenvalue weighted by atomic mass is 16.5. The van der Waals surface area contributed by atoms with E-state index in [1.807, 2.05) is 30.3 Å². The molecule has 0 radical (unpaired) electrons. The third-order valence-electron chi connectivity index (χ3n) is 5.26. The summed E-state index contributed by atoms with van der Waals surface area (Å²) in [7, 11) is 1.58. The summed E-state index contributed by atoms with van der Waals surface area (Å²) in [4.78, 5) is 34.2. The Morgan fingerprint density at radius 2 is 1.79 bits per heavy atom. The summed E-state index contributed by atoms with van der Waals surface area (Å²) in [5, 5.41) is 0. The number of methoxy groups -OCH3 is 1. The van der Waals surface area contributed by atoms with E-state index in [9.17, 15) is 9.59 Å². The molecule has 0 N–H and O–H groups in total. The van der Waals surface area contributed by atoms with Crippen molar-refractivity contribution >= 4 is 17.4 Å². The Morgan fingerprint density at radius 1 is 1.00 bits per heavy atom. The third-order valence-corrected chi connectivity index (χ3v) is 5.26. The number of piperidine rings is 1. The number of carbonyl (C=O) groups excluding carboxylic acids is 2. The molecule has 0 unspecified atom stereocenters. The topological polar surface area (TPSA) is 62.7 Å². The van der Waals surface area contributed by atoms with Crippen LogP contribution in [0.4, 0.5) is 0 Å². The van der Waals surface area contributed by atoms with E-state index >= 15 is 0 Å². The van der Waals surface area contributed by atoms with Crippen LogP contribution in [0.2, 0.25) is 0 Å². The summed E-state index contributed by atoms with van der Waals surface area (Å²) in [5.41, 5.74) is 2.42. The van der Waals surface area contributed by atoms with Gasteiger partial charge in [-0.25, -0.2) is 0 Å². The van der Waals surface area contributed by atoms with Gasteiger partial charge in [-0.2, -0.15) is 0 Å². The molecular formula is C22H23N3O3. The van der Waals surface area contributed by atoms with Crippen LogP contribution in [0.15, 0.2) is 54.5 Å². The molecule has 1 aromatic carbocycles. The number of para-hydroxylation sites is 1. The van der Waals surface area contributed by atoms with Crippen LogP contribution in [-0.4, -0.2) is 46.8 Å². The summed E-state index contributed by atoms with van der Waals surface area (Å²) < 4.78 is 5.49. The quantitative estimate of drug-likeness (QED) is 0.750. The number of rotatable bonds is 5. The molecule has 4 rings (SSSR count). The molecule has 0 saturated carbocycles. The van der Waals surface area contributed by atoms with E-state index in [0.717, 1.165) is 37.9 Å². The molecule has 3 heterocycles. The predicted octanol–water partition coefficient (Wildman–Crippen LogP) is 2.86. The number of ether oxygens (including phenoxy) is 1. The smallest absolute Gasteiger partial charge is 0.278 e. The molecule has 1 aromatic heterocycles. The van der Waals surface area contributed by atoms with E-state index in [0.29, 0.717) is 22.6 Å². The summed E-state index contributed by atoms with van der Waals surface area (Å²) >= 11 is 0. The Hall–Kier alpha value is -3.15. The average Bonchev–Trinajstić information content (AvgIpc) is 2.99. The number of hydrogen-bond acceptors (Lipinski definition) is 5. The Kier molecular flexibility index (Phi) is 5.10. The van der Waals surface area contributed by atoms with Crippen molar-refractivity contribution in [3.05, 3.63) is 65.6 Å². The van der Waals surface area contributed by atoms with Crippen LogP contribution in [-0.2, 0) is 16.1 Å². The maximum absolute atomic E-state index is 13.4. The molecule has 0 bridgehead atoms. The molecule has 144 valence electrons. The van der Waals surface area contributed by atoms with Gasteiger partial charge >= 0.3 is 0 Å². The zero-order valence-corrected chi connectivity index (χ0v) is 15.9. The van der Waals surface area contributed by atoms with Crippen molar-refractivity contribution in [2.75, 3.05) is 20.2 Å². The number of likely N-dealkylation sites (tertiary alicyclic amines) is 1. The molecule has 0 aliphatic carbocycles. The molecule has 2 aliphatic heterocycles. The first kappa shape index (κ1) is 18.2. The first-order valence-electron chi connectivity index (χ1n) is 9.58. The fraction of sp³-hybridized carbons (Fsp3) is 0.318. The molecule has 2 aliphatic rings. The Bertz CT molecular complexity index is 918. The van der Waals surface area contributed by atoms with Gasteiger partial charge in [0.05, 0.1) is 19.2 Å². The van der Waals surface area contributed by atoms with Crippen molar-refractivity contribution < 1.29 is 14.3 Å². The van der Waals surface area contributed by atoms with Gasteiger partial charge in [0.15, 0.2) is 0 Å². The molecule has 1 fully saturated rings. The molecule has 2 amide bonds. The molecular weight excluding hydrogens is 354 g/mol. The van der Waals surface area contributed by atoms with E-state index in [1.54, 1.807) is 25.6 Å². The van der Waals surface area contributed by atoms with Gasteiger partial charge in [-0.3, -0.25) is 19.5 Å². The number of aromatic nitrogens is 1. The summed E-state index contributed by atoms with van der Waals surface area (Å²) in [5.74, 6) is 0.0759. The molecule has 6 heteroatoms. The maximum Gasteiger partial charge on any atom is 0.278 e. The minimum absolute atomic E-state index is 0.210. The Labute approximate surface area is 164 Å². The van der Waals surface area contributed by atoms with Crippen molar-refractivity contribution in [2.45, 2.75) is 25.8 Å². The third kappa shape index (κ3) is 3.26. The average molecular weight is 377 g/mol. The summed E-state index contributed by atoms with van der Waals surface area (Å²) in [6.45, 7) is 1.78. The van der Waals surface area contributed by atoms with Crippen LogP contribution in [0.5, 0.6) is 5.75 Å². The van der Waals surface area contributed by atoms with E-state index in [2.05, 4.69) is 9.88 Å². The van der Waals surface area contributed by atoms with Gasteiger partial charge in [0.1, 0.15) is 11.4 Å². The maximum atomic E-state index is 13.4. The second-order valence-corrected chi connectivity index (χ2v) is 7.03. The lowest BCUT2D eigenvalue weighted by Gasteiger charge is -2.29. The van der Waals surface area contributed by atoms with Gasteiger partial charge in [-0.15, -0.1) is 0 Å². The molecule has 1 saturated heterocycles. The van der Waals surface area contributed by atoms with Crippen LogP contribution < -0.4 is 4.74 Å². The van der Waals surface area contributed by atoms with E-state index < -0.39 is 0 Å². The number of benzene rings is 1. The van der Waals surface area contributed by atoms with Crippen LogP contribution in [0, 0.1) is 0 Å². The lowest BCUT2D eigenvalue weighted by Crippen LogP contribution is -2.36. The lowest BCUT2D eigenvalue weighted by atomic mass is 10.0. The fourth-order valence-corrected chi connectivity index (χ4v) is 3.89. The molecule has 0 spiro atoms. The van der Waals surface area contributed by atoms with Crippen molar-refractivity contribution in [3.63, 3.8) is 0 Å². The molecule has 0 atom stereocenters.